The predicted octanol–water partition coefficient (Wildman–Crippen LogP) is 5.31. The van der Waals surface area contributed by atoms with E-state index in [0.29, 0.717) is 22.3 Å². The third kappa shape index (κ3) is 4.14. The summed E-state index contributed by atoms with van der Waals surface area (Å²) in [4.78, 5) is 42.7. The van der Waals surface area contributed by atoms with E-state index in [1.54, 1.807) is 48.6 Å². The van der Waals surface area contributed by atoms with Gasteiger partial charge in [0.15, 0.2) is 0 Å². The first-order valence-corrected chi connectivity index (χ1v) is 11.6. The van der Waals surface area contributed by atoms with Crippen molar-refractivity contribution in [1.29, 1.82) is 0 Å². The number of nitrogens with zero attached hydrogens (tertiary/aromatic N) is 4. The number of hydrogen-bond acceptors (Lipinski definition) is 5. The summed E-state index contributed by atoms with van der Waals surface area (Å²) in [6.45, 7) is 5.56. The average Bonchev–Trinajstić information content (AvgIpc) is 3.38. The summed E-state index contributed by atoms with van der Waals surface area (Å²) in [6.07, 6.45) is 4.86. The van der Waals surface area contributed by atoms with Crippen LogP contribution < -0.4 is 10.6 Å². The Bertz CT molecular complexity index is 1670. The second kappa shape index (κ2) is 9.50. The third-order valence-electron chi connectivity index (χ3n) is 6.50. The van der Waals surface area contributed by atoms with Gasteiger partial charge >= 0.3 is 0 Å². The van der Waals surface area contributed by atoms with Gasteiger partial charge in [-0.15, -0.1) is 0 Å². The number of nitrogens with two attached hydrogens (primary N) is 1. The molecule has 0 unspecified atom stereocenters. The Morgan fingerprint density at radius 3 is 2.46 bits per heavy atom. The molecule has 8 nitrogen and oxygen atoms in total. The highest BCUT2D eigenvalue weighted by molar-refractivity contribution is 6.12. The lowest BCUT2D eigenvalue weighted by Crippen LogP contribution is -2.27. The third-order valence-corrected chi connectivity index (χ3v) is 6.50. The second-order valence-corrected chi connectivity index (χ2v) is 8.61. The summed E-state index contributed by atoms with van der Waals surface area (Å²) >= 11 is 0. The predicted molar refractivity (Wildman–Crippen MR) is 146 cm³/mol. The minimum atomic E-state index is -0.528. The van der Waals surface area contributed by atoms with Crippen molar-refractivity contribution in [3.63, 3.8) is 0 Å². The zero-order valence-electron chi connectivity index (χ0n) is 20.4. The van der Waals surface area contributed by atoms with Crippen molar-refractivity contribution in [3.8, 4) is 22.4 Å². The lowest BCUT2D eigenvalue weighted by molar-refractivity contribution is 0.0988. The van der Waals surface area contributed by atoms with Crippen molar-refractivity contribution in [2.75, 3.05) is 11.9 Å². The smallest absolute Gasteiger partial charge is 0.260 e. The average molecular weight is 489 g/mol. The maximum atomic E-state index is 13.4. The van der Waals surface area contributed by atoms with Crippen LogP contribution in [0.4, 0.5) is 11.4 Å². The molecule has 0 aliphatic heterocycles. The number of carbonyl (C=O) groups excluding carboxylic acids is 2. The number of rotatable bonds is 6. The highest BCUT2D eigenvalue weighted by atomic mass is 16.2. The molecule has 0 radical (unpaired) electrons. The molecule has 5 rings (SSSR count). The lowest BCUT2D eigenvalue weighted by atomic mass is 9.94. The molecule has 0 atom stereocenters. The van der Waals surface area contributed by atoms with Crippen molar-refractivity contribution in [2.24, 2.45) is 10.7 Å². The molecule has 0 fully saturated rings. The topological polar surface area (TPSA) is 117 Å². The number of para-hydroxylation sites is 1. The van der Waals surface area contributed by atoms with E-state index >= 15 is 0 Å². The number of hydrogen-bond donors (Lipinski definition) is 2. The number of carbonyl (C=O) groups is 2. The number of H-pyrrole nitrogens is 1. The number of aromatic amines is 1. The highest BCUT2D eigenvalue weighted by Gasteiger charge is 2.21. The summed E-state index contributed by atoms with van der Waals surface area (Å²) in [5.74, 6) is -0.718. The van der Waals surface area contributed by atoms with Crippen LogP contribution in [0.25, 0.3) is 33.3 Å². The zero-order chi connectivity index (χ0) is 26.1. The highest BCUT2D eigenvalue weighted by Crippen LogP contribution is 2.38. The number of aromatic nitrogens is 3. The fraction of sp³-hybridized carbons (Fsp3) is 0.0690. The van der Waals surface area contributed by atoms with Gasteiger partial charge in [0.05, 0.1) is 22.3 Å². The molecule has 0 saturated carbocycles. The molecular weight excluding hydrogens is 464 g/mol. The number of benzene rings is 3. The Balaban J connectivity index is 1.65. The summed E-state index contributed by atoms with van der Waals surface area (Å²) in [7, 11) is 1.74. The van der Waals surface area contributed by atoms with Crippen LogP contribution >= 0.6 is 0 Å². The number of fused-ring (bicyclic) bond motifs is 1. The molecular formula is C29H24N6O2. The van der Waals surface area contributed by atoms with E-state index < -0.39 is 5.91 Å². The molecule has 37 heavy (non-hydrogen) atoms. The summed E-state index contributed by atoms with van der Waals surface area (Å²) in [5, 5.41) is 0.825. The van der Waals surface area contributed by atoms with E-state index in [2.05, 4.69) is 26.7 Å². The Labute approximate surface area is 213 Å². The molecule has 0 saturated heterocycles. The standard InChI is InChI=1S/C29H24N6O2/c1-17-19(8-6-10-26(17)35(3)29(37)21-7-4-5-9-24(21)31-2)20-11-12-22(28(30)36)27-23(20)13-25(34-27)18-14-32-16-33-15-18/h4-16,34H,2H2,1,3H3,(H2,30,36). The first-order chi connectivity index (χ1) is 17.9. The van der Waals surface area contributed by atoms with Crippen LogP contribution in [0.2, 0.25) is 0 Å². The van der Waals surface area contributed by atoms with Gasteiger partial charge in [0, 0.05) is 41.8 Å². The van der Waals surface area contributed by atoms with Gasteiger partial charge in [-0.1, -0.05) is 30.3 Å². The summed E-state index contributed by atoms with van der Waals surface area (Å²) in [6, 6.07) is 18.5. The number of anilines is 1. The molecule has 0 bridgehead atoms. The molecule has 182 valence electrons. The SMILES string of the molecule is C=Nc1ccccc1C(=O)N(C)c1cccc(-c2ccc(C(N)=O)c3[nH]c(-c4cncnc4)cc23)c1C. The Morgan fingerprint density at radius 1 is 0.973 bits per heavy atom. The number of primary amides is 1. The van der Waals surface area contributed by atoms with Crippen molar-refractivity contribution in [1.82, 2.24) is 15.0 Å². The minimum absolute atomic E-state index is 0.189. The van der Waals surface area contributed by atoms with Crippen LogP contribution in [0.5, 0.6) is 0 Å². The molecule has 0 spiro atoms. The van der Waals surface area contributed by atoms with Crippen LogP contribution in [-0.4, -0.2) is 40.5 Å². The normalized spacial score (nSPS) is 10.9. The van der Waals surface area contributed by atoms with Crippen molar-refractivity contribution >= 4 is 40.8 Å². The van der Waals surface area contributed by atoms with Gasteiger partial charge in [0.25, 0.3) is 11.8 Å². The molecule has 2 amide bonds. The fourth-order valence-electron chi connectivity index (χ4n) is 4.61. The van der Waals surface area contributed by atoms with Crippen LogP contribution in [-0.2, 0) is 0 Å². The van der Waals surface area contributed by atoms with E-state index in [9.17, 15) is 9.59 Å². The largest absolute Gasteiger partial charge is 0.366 e. The maximum absolute atomic E-state index is 13.4. The summed E-state index contributed by atoms with van der Waals surface area (Å²) in [5.41, 5.74) is 12.7. The van der Waals surface area contributed by atoms with Gasteiger partial charge < -0.3 is 15.6 Å². The molecule has 2 heterocycles. The Morgan fingerprint density at radius 2 is 1.73 bits per heavy atom. The molecule has 8 heteroatoms. The second-order valence-electron chi connectivity index (χ2n) is 8.61. The van der Waals surface area contributed by atoms with Crippen LogP contribution in [0.15, 0.2) is 84.4 Å². The quantitative estimate of drug-likeness (QED) is 0.315. The van der Waals surface area contributed by atoms with E-state index in [1.807, 2.05) is 43.3 Å². The van der Waals surface area contributed by atoms with E-state index in [4.69, 9.17) is 5.73 Å². The van der Waals surface area contributed by atoms with E-state index in [1.165, 1.54) is 6.33 Å². The van der Waals surface area contributed by atoms with Gasteiger partial charge in [-0.05, 0) is 60.7 Å². The first kappa shape index (κ1) is 23.6. The summed E-state index contributed by atoms with van der Waals surface area (Å²) < 4.78 is 0. The molecule has 5 aromatic rings. The van der Waals surface area contributed by atoms with Gasteiger partial charge in [0.1, 0.15) is 6.33 Å². The fourth-order valence-corrected chi connectivity index (χ4v) is 4.61. The van der Waals surface area contributed by atoms with E-state index in [0.717, 1.165) is 39.0 Å². The van der Waals surface area contributed by atoms with Crippen LogP contribution in [0.3, 0.4) is 0 Å². The molecule has 3 N–H and O–H groups in total. The van der Waals surface area contributed by atoms with Crippen LogP contribution in [0, 0.1) is 6.92 Å². The Kier molecular flexibility index (Phi) is 6.07. The van der Waals surface area contributed by atoms with Gasteiger partial charge in [-0.2, -0.15) is 0 Å². The Hall–Kier alpha value is -5.11. The van der Waals surface area contributed by atoms with Crippen molar-refractivity contribution in [2.45, 2.75) is 6.92 Å². The van der Waals surface area contributed by atoms with Crippen LogP contribution in [0.1, 0.15) is 26.3 Å². The maximum Gasteiger partial charge on any atom is 0.260 e. The van der Waals surface area contributed by atoms with Crippen molar-refractivity contribution in [3.05, 3.63) is 96.1 Å². The molecule has 2 aromatic heterocycles. The minimum Gasteiger partial charge on any atom is -0.366 e. The number of nitrogens with one attached hydrogen (secondary N) is 1. The van der Waals surface area contributed by atoms with Gasteiger partial charge in [-0.25, -0.2) is 9.97 Å². The number of aliphatic imine (C=N–C) groups is 1. The lowest BCUT2D eigenvalue weighted by Gasteiger charge is -2.22. The molecule has 0 aliphatic carbocycles. The van der Waals surface area contributed by atoms with Gasteiger partial charge in [0.2, 0.25) is 0 Å². The first-order valence-electron chi connectivity index (χ1n) is 11.6. The number of amides is 2. The van der Waals surface area contributed by atoms with Gasteiger partial charge in [-0.3, -0.25) is 14.6 Å². The molecule has 0 aliphatic rings. The monoisotopic (exact) mass is 488 g/mol. The van der Waals surface area contributed by atoms with Crippen molar-refractivity contribution < 1.29 is 9.59 Å². The molecule has 3 aromatic carbocycles. The van der Waals surface area contributed by atoms with E-state index in [-0.39, 0.29) is 5.91 Å². The zero-order valence-corrected chi connectivity index (χ0v) is 20.4.